The predicted molar refractivity (Wildman–Crippen MR) is 112 cm³/mol. The quantitative estimate of drug-likeness (QED) is 0.340. The van der Waals surface area contributed by atoms with Crippen LogP contribution in [0.25, 0.3) is 0 Å². The molecule has 2 saturated heterocycles. The average molecular weight is 485 g/mol. The molecular formula is C16H32IN5O2S. The van der Waals surface area contributed by atoms with E-state index in [4.69, 9.17) is 0 Å². The summed E-state index contributed by atoms with van der Waals surface area (Å²) < 4.78 is 25.3. The van der Waals surface area contributed by atoms with Crippen LogP contribution in [0.15, 0.2) is 4.99 Å². The van der Waals surface area contributed by atoms with Gasteiger partial charge in [-0.25, -0.2) is 8.42 Å². The lowest BCUT2D eigenvalue weighted by molar-refractivity contribution is 0.315. The van der Waals surface area contributed by atoms with E-state index in [1.165, 1.54) is 19.1 Å². The Morgan fingerprint density at radius 2 is 1.96 bits per heavy atom. The highest BCUT2D eigenvalue weighted by Crippen LogP contribution is 2.31. The summed E-state index contributed by atoms with van der Waals surface area (Å²) in [5.41, 5.74) is 0. The second-order valence-corrected chi connectivity index (χ2v) is 9.47. The van der Waals surface area contributed by atoms with Gasteiger partial charge in [-0.1, -0.05) is 6.92 Å². The molecule has 2 N–H and O–H groups in total. The molecule has 3 fully saturated rings. The monoisotopic (exact) mass is 485 g/mol. The van der Waals surface area contributed by atoms with Crippen LogP contribution in [-0.2, 0) is 10.0 Å². The minimum Gasteiger partial charge on any atom is -0.355 e. The lowest BCUT2D eigenvalue weighted by Crippen LogP contribution is -2.50. The standard InChI is InChI=1S/C16H31N5O2S.HI/c1-12-10-20(13-6-7-13)11-15(12)19-16(17-2)18-9-14-5-4-8-21(14)24(3,22)23;/h12-15H,4-11H2,1-3H3,(H2,17,18,19);1H/t12?,14-,15?;/m1./s1. The summed E-state index contributed by atoms with van der Waals surface area (Å²) in [5.74, 6) is 1.38. The molecule has 0 spiro atoms. The highest BCUT2D eigenvalue weighted by Gasteiger charge is 2.38. The van der Waals surface area contributed by atoms with E-state index in [1.807, 2.05) is 0 Å². The van der Waals surface area contributed by atoms with Crippen molar-refractivity contribution >= 4 is 40.0 Å². The van der Waals surface area contributed by atoms with Gasteiger partial charge in [0.15, 0.2) is 5.96 Å². The third kappa shape index (κ3) is 5.43. The molecule has 2 heterocycles. The number of hydrogen-bond donors (Lipinski definition) is 2. The van der Waals surface area contributed by atoms with Crippen molar-refractivity contribution in [1.29, 1.82) is 0 Å². The Kier molecular flexibility index (Phi) is 7.37. The first-order valence-corrected chi connectivity index (χ1v) is 10.9. The zero-order valence-corrected chi connectivity index (χ0v) is 18.6. The molecule has 0 aromatic carbocycles. The molecule has 25 heavy (non-hydrogen) atoms. The maximum absolute atomic E-state index is 11.8. The summed E-state index contributed by atoms with van der Waals surface area (Å²) in [4.78, 5) is 6.91. The maximum Gasteiger partial charge on any atom is 0.211 e. The van der Waals surface area contributed by atoms with Crippen LogP contribution in [0.5, 0.6) is 0 Å². The summed E-state index contributed by atoms with van der Waals surface area (Å²) in [6.07, 6.45) is 5.82. The minimum atomic E-state index is -3.12. The second-order valence-electron chi connectivity index (χ2n) is 7.54. The van der Waals surface area contributed by atoms with Gasteiger partial charge in [0.05, 0.1) is 6.26 Å². The number of rotatable bonds is 5. The summed E-state index contributed by atoms with van der Waals surface area (Å²) in [7, 11) is -1.35. The number of aliphatic imine (C=N–C) groups is 1. The molecular weight excluding hydrogens is 453 g/mol. The van der Waals surface area contributed by atoms with Gasteiger partial charge < -0.3 is 10.6 Å². The first kappa shape index (κ1) is 21.2. The minimum absolute atomic E-state index is 0. The summed E-state index contributed by atoms with van der Waals surface area (Å²) in [5, 5.41) is 6.87. The number of likely N-dealkylation sites (tertiary alicyclic amines) is 1. The van der Waals surface area contributed by atoms with Crippen LogP contribution in [0.4, 0.5) is 0 Å². The van der Waals surface area contributed by atoms with E-state index in [1.54, 1.807) is 11.4 Å². The molecule has 1 aliphatic carbocycles. The molecule has 3 rings (SSSR count). The molecule has 2 aliphatic heterocycles. The van der Waals surface area contributed by atoms with Gasteiger partial charge in [0.25, 0.3) is 0 Å². The van der Waals surface area contributed by atoms with Crippen LogP contribution in [0, 0.1) is 5.92 Å². The van der Waals surface area contributed by atoms with Crippen molar-refractivity contribution in [2.24, 2.45) is 10.9 Å². The third-order valence-electron chi connectivity index (χ3n) is 5.50. The van der Waals surface area contributed by atoms with Gasteiger partial charge in [-0.3, -0.25) is 9.89 Å². The first-order valence-electron chi connectivity index (χ1n) is 9.06. The Labute approximate surface area is 169 Å². The van der Waals surface area contributed by atoms with E-state index in [2.05, 4.69) is 27.4 Å². The SMILES string of the molecule is CN=C(NC[C@H]1CCCN1S(C)(=O)=O)NC1CN(C2CC2)CC1C.I. The van der Waals surface area contributed by atoms with Gasteiger partial charge in [0.1, 0.15) is 0 Å². The van der Waals surface area contributed by atoms with Gasteiger partial charge in [0.2, 0.25) is 10.0 Å². The van der Waals surface area contributed by atoms with E-state index in [-0.39, 0.29) is 30.0 Å². The molecule has 1 saturated carbocycles. The third-order valence-corrected chi connectivity index (χ3v) is 6.84. The Bertz CT molecular complexity index is 581. The van der Waals surface area contributed by atoms with Gasteiger partial charge in [-0.05, 0) is 31.6 Å². The topological polar surface area (TPSA) is 77.0 Å². The van der Waals surface area contributed by atoms with Crippen LogP contribution < -0.4 is 10.6 Å². The van der Waals surface area contributed by atoms with E-state index < -0.39 is 10.0 Å². The van der Waals surface area contributed by atoms with Gasteiger partial charge >= 0.3 is 0 Å². The van der Waals surface area contributed by atoms with Crippen molar-refractivity contribution in [1.82, 2.24) is 19.8 Å². The molecule has 3 atom stereocenters. The number of halogens is 1. The summed E-state index contributed by atoms with van der Waals surface area (Å²) >= 11 is 0. The molecule has 146 valence electrons. The van der Waals surface area contributed by atoms with Crippen molar-refractivity contribution in [2.75, 3.05) is 39.5 Å². The molecule has 0 amide bonds. The molecule has 3 aliphatic rings. The van der Waals surface area contributed by atoms with E-state index in [9.17, 15) is 8.42 Å². The van der Waals surface area contributed by atoms with E-state index in [0.29, 0.717) is 25.0 Å². The predicted octanol–water partition coefficient (Wildman–Crippen LogP) is 0.676. The Morgan fingerprint density at radius 3 is 2.56 bits per heavy atom. The molecule has 0 radical (unpaired) electrons. The number of guanidine groups is 1. The highest BCUT2D eigenvalue weighted by molar-refractivity contribution is 14.0. The highest BCUT2D eigenvalue weighted by atomic mass is 127. The van der Waals surface area contributed by atoms with Gasteiger partial charge in [-0.2, -0.15) is 4.31 Å². The second kappa shape index (κ2) is 8.71. The van der Waals surface area contributed by atoms with Crippen molar-refractivity contribution in [3.05, 3.63) is 0 Å². The molecule has 7 nitrogen and oxygen atoms in total. The zero-order chi connectivity index (χ0) is 17.3. The van der Waals surface area contributed by atoms with Gasteiger partial charge in [0, 0.05) is 51.4 Å². The fraction of sp³-hybridized carbons (Fsp3) is 0.938. The van der Waals surface area contributed by atoms with Crippen LogP contribution in [0.1, 0.15) is 32.6 Å². The van der Waals surface area contributed by atoms with Crippen molar-refractivity contribution in [3.63, 3.8) is 0 Å². The fourth-order valence-electron chi connectivity index (χ4n) is 3.96. The molecule has 0 aromatic heterocycles. The molecule has 2 unspecified atom stereocenters. The first-order chi connectivity index (χ1) is 11.4. The summed E-state index contributed by atoms with van der Waals surface area (Å²) in [6, 6.07) is 1.24. The van der Waals surface area contributed by atoms with Crippen molar-refractivity contribution in [2.45, 2.75) is 50.7 Å². The van der Waals surface area contributed by atoms with Gasteiger partial charge in [-0.15, -0.1) is 24.0 Å². The number of nitrogens with one attached hydrogen (secondary N) is 2. The molecule has 0 aromatic rings. The zero-order valence-electron chi connectivity index (χ0n) is 15.4. The number of sulfonamides is 1. The largest absolute Gasteiger partial charge is 0.355 e. The average Bonchev–Trinajstić information content (AvgIpc) is 3.14. The van der Waals surface area contributed by atoms with E-state index in [0.717, 1.165) is 37.9 Å². The van der Waals surface area contributed by atoms with Crippen LogP contribution in [-0.4, -0.2) is 81.2 Å². The Balaban J connectivity index is 0.00000225. The van der Waals surface area contributed by atoms with Crippen LogP contribution >= 0.6 is 24.0 Å². The Morgan fingerprint density at radius 1 is 1.24 bits per heavy atom. The summed E-state index contributed by atoms with van der Waals surface area (Å²) in [6.45, 7) is 5.76. The lowest BCUT2D eigenvalue weighted by Gasteiger charge is -2.25. The lowest BCUT2D eigenvalue weighted by atomic mass is 10.1. The number of hydrogen-bond acceptors (Lipinski definition) is 4. The smallest absolute Gasteiger partial charge is 0.211 e. The number of nitrogens with zero attached hydrogens (tertiary/aromatic N) is 3. The van der Waals surface area contributed by atoms with Crippen LogP contribution in [0.3, 0.4) is 0 Å². The normalized spacial score (nSPS) is 31.8. The Hall–Kier alpha value is -0.130. The molecule has 9 heteroatoms. The maximum atomic E-state index is 11.8. The fourth-order valence-corrected chi connectivity index (χ4v) is 5.15. The van der Waals surface area contributed by atoms with Crippen molar-refractivity contribution in [3.8, 4) is 0 Å². The van der Waals surface area contributed by atoms with Crippen molar-refractivity contribution < 1.29 is 8.42 Å². The van der Waals surface area contributed by atoms with E-state index >= 15 is 0 Å². The van der Waals surface area contributed by atoms with Crippen LogP contribution in [0.2, 0.25) is 0 Å². The molecule has 0 bridgehead atoms.